The van der Waals surface area contributed by atoms with Crippen molar-refractivity contribution in [1.82, 2.24) is 10.2 Å². The van der Waals surface area contributed by atoms with Gasteiger partial charge in [-0.15, -0.1) is 10.2 Å². The molecule has 1 fully saturated rings. The third-order valence-corrected chi connectivity index (χ3v) is 4.60. The highest BCUT2D eigenvalue weighted by atomic mass is 32.2. The van der Waals surface area contributed by atoms with E-state index < -0.39 is 0 Å². The van der Waals surface area contributed by atoms with Crippen molar-refractivity contribution in [2.45, 2.75) is 37.0 Å². The Balaban J connectivity index is 1.56. The predicted octanol–water partition coefficient (Wildman–Crippen LogP) is 3.33. The summed E-state index contributed by atoms with van der Waals surface area (Å²) in [5, 5.41) is 8.83. The topological polar surface area (TPSA) is 57.4 Å². The third-order valence-electron chi connectivity index (χ3n) is 3.65. The average molecular weight is 320 g/mol. The number of aromatic nitrogens is 2. The highest BCUT2D eigenvalue weighted by Gasteiger charge is 2.16. The predicted molar refractivity (Wildman–Crippen MR) is 84.4 cm³/mol. The zero-order valence-corrected chi connectivity index (χ0v) is 13.5. The van der Waals surface area contributed by atoms with Crippen molar-refractivity contribution in [3.05, 3.63) is 35.7 Å². The molecule has 0 bridgehead atoms. The fourth-order valence-electron chi connectivity index (χ4n) is 2.48. The molecule has 1 unspecified atom stereocenters. The smallest absolute Gasteiger partial charge is 0.276 e. The van der Waals surface area contributed by atoms with E-state index in [1.807, 2.05) is 24.3 Å². The van der Waals surface area contributed by atoms with Crippen molar-refractivity contribution in [1.29, 1.82) is 0 Å². The molecule has 3 rings (SSSR count). The number of ether oxygens (including phenoxy) is 2. The molecule has 1 aliphatic rings. The molecule has 118 valence electrons. The summed E-state index contributed by atoms with van der Waals surface area (Å²) in [6.07, 6.45) is 4.43. The molecule has 1 aromatic heterocycles. The van der Waals surface area contributed by atoms with Crippen LogP contribution in [0.3, 0.4) is 0 Å². The highest BCUT2D eigenvalue weighted by Crippen LogP contribution is 2.25. The van der Waals surface area contributed by atoms with E-state index in [2.05, 4.69) is 10.2 Å². The Bertz CT molecular complexity index is 597. The molecular weight excluding hydrogens is 300 g/mol. The first-order valence-corrected chi connectivity index (χ1v) is 8.52. The molecule has 0 radical (unpaired) electrons. The van der Waals surface area contributed by atoms with E-state index in [9.17, 15) is 0 Å². The number of hydrogen-bond donors (Lipinski definition) is 0. The van der Waals surface area contributed by atoms with Crippen LogP contribution < -0.4 is 4.74 Å². The summed E-state index contributed by atoms with van der Waals surface area (Å²) in [7, 11) is 1.66. The zero-order valence-electron chi connectivity index (χ0n) is 12.7. The Labute approximate surface area is 134 Å². The van der Waals surface area contributed by atoms with Gasteiger partial charge in [0.1, 0.15) is 5.75 Å². The van der Waals surface area contributed by atoms with Gasteiger partial charge in [0.15, 0.2) is 0 Å². The third kappa shape index (κ3) is 4.01. The van der Waals surface area contributed by atoms with E-state index >= 15 is 0 Å². The van der Waals surface area contributed by atoms with Crippen LogP contribution in [0.2, 0.25) is 0 Å². The minimum absolute atomic E-state index is 0.309. The maximum atomic E-state index is 5.71. The lowest BCUT2D eigenvalue weighted by Crippen LogP contribution is -2.21. The minimum atomic E-state index is 0.309. The molecule has 22 heavy (non-hydrogen) atoms. The average Bonchev–Trinajstić information content (AvgIpc) is 3.02. The molecule has 1 aliphatic heterocycles. The van der Waals surface area contributed by atoms with E-state index in [-0.39, 0.29) is 0 Å². The lowest BCUT2D eigenvalue weighted by molar-refractivity contribution is 0.0314. The molecule has 2 aromatic rings. The molecule has 1 saturated heterocycles. The van der Waals surface area contributed by atoms with Gasteiger partial charge in [-0.05, 0) is 25.3 Å². The summed E-state index contributed by atoms with van der Waals surface area (Å²) in [6, 6.07) is 7.86. The molecule has 0 spiro atoms. The Morgan fingerprint density at radius 1 is 1.27 bits per heavy atom. The van der Waals surface area contributed by atoms with Gasteiger partial charge < -0.3 is 13.9 Å². The van der Waals surface area contributed by atoms with Gasteiger partial charge in [-0.1, -0.05) is 30.0 Å². The van der Waals surface area contributed by atoms with Gasteiger partial charge in [0.25, 0.3) is 5.22 Å². The molecule has 5 nitrogen and oxygen atoms in total. The van der Waals surface area contributed by atoms with Gasteiger partial charge in [0.2, 0.25) is 5.89 Å². The Morgan fingerprint density at radius 3 is 3.00 bits per heavy atom. The second-order valence-corrected chi connectivity index (χ2v) is 6.22. The van der Waals surface area contributed by atoms with Crippen molar-refractivity contribution < 1.29 is 13.9 Å². The second kappa shape index (κ2) is 7.65. The Morgan fingerprint density at radius 2 is 2.18 bits per heavy atom. The Hall–Kier alpha value is -1.53. The van der Waals surface area contributed by atoms with Crippen LogP contribution in [-0.4, -0.2) is 35.8 Å². The largest absolute Gasteiger partial charge is 0.496 e. The first kappa shape index (κ1) is 15.4. The number of rotatable bonds is 6. The van der Waals surface area contributed by atoms with Crippen molar-refractivity contribution in [2.24, 2.45) is 0 Å². The van der Waals surface area contributed by atoms with Gasteiger partial charge in [0, 0.05) is 17.9 Å². The molecule has 0 amide bonds. The fraction of sp³-hybridized carbons (Fsp3) is 0.500. The molecule has 6 heteroatoms. The highest BCUT2D eigenvalue weighted by molar-refractivity contribution is 7.99. The van der Waals surface area contributed by atoms with Gasteiger partial charge in [-0.2, -0.15) is 0 Å². The number of methoxy groups -OCH3 is 1. The first-order chi connectivity index (χ1) is 10.8. The summed E-state index contributed by atoms with van der Waals surface area (Å²) >= 11 is 1.57. The first-order valence-electron chi connectivity index (χ1n) is 7.54. The monoisotopic (exact) mass is 320 g/mol. The standard InChI is InChI=1S/C16H20N2O3S/c1-19-14-8-3-2-6-12(14)10-15-17-18-16(21-15)22-11-13-7-4-5-9-20-13/h2-3,6,8,13H,4-5,7,9-11H2,1H3. The number of benzene rings is 1. The van der Waals surface area contributed by atoms with Crippen LogP contribution >= 0.6 is 11.8 Å². The van der Waals surface area contributed by atoms with E-state index in [1.165, 1.54) is 12.8 Å². The summed E-state index contributed by atoms with van der Waals surface area (Å²) in [5.41, 5.74) is 1.04. The van der Waals surface area contributed by atoms with E-state index in [1.54, 1.807) is 18.9 Å². The lowest BCUT2D eigenvalue weighted by atomic mass is 10.1. The van der Waals surface area contributed by atoms with E-state index in [0.717, 1.165) is 30.1 Å². The van der Waals surface area contributed by atoms with Crippen LogP contribution in [0.15, 0.2) is 33.9 Å². The molecule has 0 saturated carbocycles. The number of hydrogen-bond acceptors (Lipinski definition) is 6. The number of para-hydroxylation sites is 1. The molecule has 0 aliphatic carbocycles. The molecule has 0 N–H and O–H groups in total. The quantitative estimate of drug-likeness (QED) is 0.761. The van der Waals surface area contributed by atoms with Crippen molar-refractivity contribution in [2.75, 3.05) is 19.5 Å². The zero-order chi connectivity index (χ0) is 15.2. The van der Waals surface area contributed by atoms with E-state index in [0.29, 0.717) is 23.6 Å². The summed E-state index contributed by atoms with van der Waals surface area (Å²) in [4.78, 5) is 0. The minimum Gasteiger partial charge on any atom is -0.496 e. The molecular formula is C16H20N2O3S. The summed E-state index contributed by atoms with van der Waals surface area (Å²) in [6.45, 7) is 0.869. The van der Waals surface area contributed by atoms with Gasteiger partial charge in [-0.3, -0.25) is 0 Å². The normalized spacial score (nSPS) is 18.3. The number of thioether (sulfide) groups is 1. The lowest BCUT2D eigenvalue weighted by Gasteiger charge is -2.21. The van der Waals surface area contributed by atoms with Gasteiger partial charge >= 0.3 is 0 Å². The second-order valence-electron chi connectivity index (χ2n) is 5.25. The van der Waals surface area contributed by atoms with Crippen LogP contribution in [0.25, 0.3) is 0 Å². The maximum absolute atomic E-state index is 5.71. The molecule has 1 aromatic carbocycles. The van der Waals surface area contributed by atoms with Gasteiger partial charge in [0.05, 0.1) is 19.6 Å². The SMILES string of the molecule is COc1ccccc1Cc1nnc(SCC2CCCCO2)o1. The van der Waals surface area contributed by atoms with Gasteiger partial charge in [-0.25, -0.2) is 0 Å². The molecule has 2 heterocycles. The van der Waals surface area contributed by atoms with Crippen LogP contribution in [0.5, 0.6) is 5.75 Å². The van der Waals surface area contributed by atoms with Crippen LogP contribution in [0, 0.1) is 0 Å². The van der Waals surface area contributed by atoms with Crippen molar-refractivity contribution in [3.8, 4) is 5.75 Å². The van der Waals surface area contributed by atoms with Crippen LogP contribution in [-0.2, 0) is 11.2 Å². The number of nitrogens with zero attached hydrogens (tertiary/aromatic N) is 2. The van der Waals surface area contributed by atoms with Crippen LogP contribution in [0.4, 0.5) is 0 Å². The van der Waals surface area contributed by atoms with E-state index in [4.69, 9.17) is 13.9 Å². The maximum Gasteiger partial charge on any atom is 0.276 e. The Kier molecular flexibility index (Phi) is 5.34. The molecule has 1 atom stereocenters. The van der Waals surface area contributed by atoms with Crippen molar-refractivity contribution >= 4 is 11.8 Å². The summed E-state index contributed by atoms with van der Waals surface area (Å²) < 4.78 is 16.8. The fourth-order valence-corrected chi connectivity index (χ4v) is 3.33. The summed E-state index contributed by atoms with van der Waals surface area (Å²) in [5.74, 6) is 2.32. The van der Waals surface area contributed by atoms with Crippen LogP contribution in [0.1, 0.15) is 30.7 Å². The van der Waals surface area contributed by atoms with Crippen molar-refractivity contribution in [3.63, 3.8) is 0 Å².